The van der Waals surface area contributed by atoms with Gasteiger partial charge in [0.05, 0.1) is 12.0 Å². The summed E-state index contributed by atoms with van der Waals surface area (Å²) in [6.45, 7) is 5.46. The number of carbonyl (C=O) groups excluding carboxylic acids is 1. The first-order chi connectivity index (χ1) is 9.50. The lowest BCUT2D eigenvalue weighted by Gasteiger charge is -2.35. The van der Waals surface area contributed by atoms with Crippen LogP contribution >= 0.6 is 0 Å². The van der Waals surface area contributed by atoms with Crippen molar-refractivity contribution in [3.05, 3.63) is 0 Å². The summed E-state index contributed by atoms with van der Waals surface area (Å²) < 4.78 is 5.25. The lowest BCUT2D eigenvalue weighted by atomic mass is 9.71. The Morgan fingerprint density at radius 1 is 1.30 bits per heavy atom. The lowest BCUT2D eigenvalue weighted by Crippen LogP contribution is -2.45. The van der Waals surface area contributed by atoms with Crippen LogP contribution in [0.15, 0.2) is 0 Å². The minimum absolute atomic E-state index is 0.125. The minimum Gasteiger partial charge on any atom is -0.481 e. The summed E-state index contributed by atoms with van der Waals surface area (Å²) in [5, 5.41) is 12.2. The first-order valence-electron chi connectivity index (χ1n) is 7.58. The summed E-state index contributed by atoms with van der Waals surface area (Å²) >= 11 is 0. The molecule has 1 aliphatic carbocycles. The molecule has 0 aliphatic heterocycles. The highest BCUT2D eigenvalue weighted by Crippen LogP contribution is 2.38. The van der Waals surface area contributed by atoms with E-state index in [-0.39, 0.29) is 12.5 Å². The molecule has 0 radical (unpaired) electrons. The van der Waals surface area contributed by atoms with E-state index in [1.807, 2.05) is 6.92 Å². The Labute approximate surface area is 121 Å². The molecule has 0 saturated heterocycles. The lowest BCUT2D eigenvalue weighted by molar-refractivity contribution is -0.151. The molecule has 20 heavy (non-hydrogen) atoms. The SMILES string of the molecule is CCCOCCC(=O)NCC1(C(=O)O)CCC(C)CC1. The van der Waals surface area contributed by atoms with E-state index in [0.29, 0.717) is 38.4 Å². The van der Waals surface area contributed by atoms with E-state index in [9.17, 15) is 14.7 Å². The van der Waals surface area contributed by atoms with Crippen molar-refractivity contribution < 1.29 is 19.4 Å². The number of carbonyl (C=O) groups is 2. The second-order valence-electron chi connectivity index (χ2n) is 5.91. The van der Waals surface area contributed by atoms with Crippen molar-refractivity contribution in [2.75, 3.05) is 19.8 Å². The molecule has 0 aromatic carbocycles. The molecule has 2 N–H and O–H groups in total. The number of amides is 1. The van der Waals surface area contributed by atoms with Crippen molar-refractivity contribution in [1.82, 2.24) is 5.32 Å². The smallest absolute Gasteiger partial charge is 0.311 e. The second-order valence-corrected chi connectivity index (χ2v) is 5.91. The van der Waals surface area contributed by atoms with Crippen molar-refractivity contribution in [2.24, 2.45) is 11.3 Å². The third-order valence-corrected chi connectivity index (χ3v) is 4.13. The second kappa shape index (κ2) is 8.25. The van der Waals surface area contributed by atoms with Gasteiger partial charge >= 0.3 is 5.97 Å². The van der Waals surface area contributed by atoms with Crippen molar-refractivity contribution in [2.45, 2.75) is 52.4 Å². The van der Waals surface area contributed by atoms with Crippen LogP contribution in [-0.2, 0) is 14.3 Å². The molecule has 1 amide bonds. The summed E-state index contributed by atoms with van der Waals surface area (Å²) in [5.41, 5.74) is -0.771. The highest BCUT2D eigenvalue weighted by molar-refractivity contribution is 5.79. The van der Waals surface area contributed by atoms with Gasteiger partial charge in [0.2, 0.25) is 5.91 Å². The number of nitrogens with one attached hydrogen (secondary N) is 1. The number of ether oxygens (including phenoxy) is 1. The van der Waals surface area contributed by atoms with Crippen LogP contribution in [0.5, 0.6) is 0 Å². The highest BCUT2D eigenvalue weighted by atomic mass is 16.5. The molecule has 0 bridgehead atoms. The average molecular weight is 285 g/mol. The van der Waals surface area contributed by atoms with Crippen LogP contribution in [0, 0.1) is 11.3 Å². The van der Waals surface area contributed by atoms with E-state index in [2.05, 4.69) is 12.2 Å². The van der Waals surface area contributed by atoms with Gasteiger partial charge in [-0.25, -0.2) is 0 Å². The standard InChI is InChI=1S/C15H27NO4/c1-3-9-20-10-6-13(17)16-11-15(14(18)19)7-4-12(2)5-8-15/h12H,3-11H2,1-2H3,(H,16,17)(H,18,19). The van der Waals surface area contributed by atoms with Gasteiger partial charge in [-0.05, 0) is 38.0 Å². The molecule has 1 aliphatic rings. The quantitative estimate of drug-likeness (QED) is 0.670. The number of hydrogen-bond donors (Lipinski definition) is 2. The predicted molar refractivity (Wildman–Crippen MR) is 76.4 cm³/mol. The minimum atomic E-state index is -0.785. The van der Waals surface area contributed by atoms with Gasteiger partial charge in [0, 0.05) is 19.6 Å². The molecule has 1 rings (SSSR count). The van der Waals surface area contributed by atoms with Gasteiger partial charge in [0.1, 0.15) is 0 Å². The molecule has 5 nitrogen and oxygen atoms in total. The highest BCUT2D eigenvalue weighted by Gasteiger charge is 2.41. The topological polar surface area (TPSA) is 75.6 Å². The first-order valence-corrected chi connectivity index (χ1v) is 7.58. The monoisotopic (exact) mass is 285 g/mol. The maximum absolute atomic E-state index is 11.7. The molecule has 5 heteroatoms. The molecule has 0 spiro atoms. The third-order valence-electron chi connectivity index (χ3n) is 4.13. The summed E-state index contributed by atoms with van der Waals surface area (Å²) in [6.07, 6.45) is 4.36. The Hall–Kier alpha value is -1.10. The van der Waals surface area contributed by atoms with Crippen LogP contribution in [0.2, 0.25) is 0 Å². The van der Waals surface area contributed by atoms with Gasteiger partial charge in [0.25, 0.3) is 0 Å². The first kappa shape index (κ1) is 17.0. The molecule has 0 heterocycles. The summed E-state index contributed by atoms with van der Waals surface area (Å²) in [7, 11) is 0. The van der Waals surface area contributed by atoms with Gasteiger partial charge in [-0.15, -0.1) is 0 Å². The maximum Gasteiger partial charge on any atom is 0.311 e. The Morgan fingerprint density at radius 3 is 2.50 bits per heavy atom. The fraction of sp³-hybridized carbons (Fsp3) is 0.867. The molecular weight excluding hydrogens is 258 g/mol. The summed E-state index contributed by atoms with van der Waals surface area (Å²) in [4.78, 5) is 23.2. The third kappa shape index (κ3) is 5.12. The van der Waals surface area contributed by atoms with E-state index in [1.165, 1.54) is 0 Å². The normalized spacial score (nSPS) is 26.2. The molecule has 0 aromatic rings. The van der Waals surface area contributed by atoms with E-state index < -0.39 is 11.4 Å². The summed E-state index contributed by atoms with van der Waals surface area (Å²) in [6, 6.07) is 0. The van der Waals surface area contributed by atoms with Gasteiger partial charge in [-0.1, -0.05) is 13.8 Å². The maximum atomic E-state index is 11.7. The largest absolute Gasteiger partial charge is 0.481 e. The molecule has 116 valence electrons. The van der Waals surface area contributed by atoms with Crippen LogP contribution in [-0.4, -0.2) is 36.7 Å². The average Bonchev–Trinajstić information content (AvgIpc) is 2.43. The van der Waals surface area contributed by atoms with E-state index >= 15 is 0 Å². The van der Waals surface area contributed by atoms with E-state index in [1.54, 1.807) is 0 Å². The summed E-state index contributed by atoms with van der Waals surface area (Å²) in [5.74, 6) is -0.326. The Bertz CT molecular complexity index is 322. The van der Waals surface area contributed by atoms with E-state index in [0.717, 1.165) is 19.3 Å². The Balaban J connectivity index is 2.36. The molecule has 1 saturated carbocycles. The molecule has 1 fully saturated rings. The van der Waals surface area contributed by atoms with Gasteiger partial charge in [-0.3, -0.25) is 9.59 Å². The Morgan fingerprint density at radius 2 is 1.95 bits per heavy atom. The van der Waals surface area contributed by atoms with Gasteiger partial charge in [0.15, 0.2) is 0 Å². The fourth-order valence-electron chi connectivity index (χ4n) is 2.55. The zero-order valence-electron chi connectivity index (χ0n) is 12.6. The van der Waals surface area contributed by atoms with Crippen LogP contribution in [0.1, 0.15) is 52.4 Å². The zero-order chi connectivity index (χ0) is 15.0. The molecular formula is C15H27NO4. The van der Waals surface area contributed by atoms with E-state index in [4.69, 9.17) is 4.74 Å². The zero-order valence-corrected chi connectivity index (χ0v) is 12.6. The number of hydrogen-bond acceptors (Lipinski definition) is 3. The fourth-order valence-corrected chi connectivity index (χ4v) is 2.55. The van der Waals surface area contributed by atoms with Crippen LogP contribution in [0.4, 0.5) is 0 Å². The van der Waals surface area contributed by atoms with Gasteiger partial charge in [-0.2, -0.15) is 0 Å². The van der Waals surface area contributed by atoms with Crippen LogP contribution in [0.25, 0.3) is 0 Å². The number of carboxylic acids is 1. The number of carboxylic acid groups (broad SMARTS) is 1. The van der Waals surface area contributed by atoms with Crippen molar-refractivity contribution in [3.8, 4) is 0 Å². The number of aliphatic carboxylic acids is 1. The van der Waals surface area contributed by atoms with Crippen molar-refractivity contribution >= 4 is 11.9 Å². The van der Waals surface area contributed by atoms with Crippen molar-refractivity contribution in [1.29, 1.82) is 0 Å². The van der Waals surface area contributed by atoms with Crippen LogP contribution < -0.4 is 5.32 Å². The Kier molecular flexibility index (Phi) is 6.99. The number of rotatable bonds is 8. The van der Waals surface area contributed by atoms with Gasteiger partial charge < -0.3 is 15.2 Å². The molecule has 0 aromatic heterocycles. The van der Waals surface area contributed by atoms with Crippen LogP contribution in [0.3, 0.4) is 0 Å². The van der Waals surface area contributed by atoms with Crippen molar-refractivity contribution in [3.63, 3.8) is 0 Å². The molecule has 0 atom stereocenters. The molecule has 0 unspecified atom stereocenters. The predicted octanol–water partition coefficient (Wildman–Crippen LogP) is 2.20.